The lowest BCUT2D eigenvalue weighted by Gasteiger charge is -2.71. The summed E-state index contributed by atoms with van der Waals surface area (Å²) in [5, 5.41) is 0. The Balaban J connectivity index is 1.31. The molecule has 0 bridgehead atoms. The van der Waals surface area contributed by atoms with Crippen molar-refractivity contribution in [2.75, 3.05) is 0 Å². The fourth-order valence-corrected chi connectivity index (χ4v) is 11.8. The summed E-state index contributed by atoms with van der Waals surface area (Å²) in [7, 11) is 0. The Labute approximate surface area is 238 Å². The number of carbonyl (C=O) groups excluding carboxylic acids is 1. The highest BCUT2D eigenvalue weighted by molar-refractivity contribution is 5.89. The smallest absolute Gasteiger partial charge is 0.338 e. The molecule has 39 heavy (non-hydrogen) atoms. The van der Waals surface area contributed by atoms with Crippen LogP contribution in [0.25, 0.3) is 0 Å². The topological polar surface area (TPSA) is 26.3 Å². The summed E-state index contributed by atoms with van der Waals surface area (Å²) < 4.78 is 6.29. The van der Waals surface area contributed by atoms with Crippen LogP contribution in [0.4, 0.5) is 0 Å². The Bertz CT molecular complexity index is 1150. The number of esters is 1. The van der Waals surface area contributed by atoms with Crippen LogP contribution in [0.2, 0.25) is 0 Å². The number of fused-ring (bicyclic) bond motifs is 7. The molecule has 0 radical (unpaired) electrons. The fraction of sp³-hybridized carbons (Fsp3) is 0.757. The fourth-order valence-electron chi connectivity index (χ4n) is 11.8. The molecule has 0 unspecified atom stereocenters. The summed E-state index contributed by atoms with van der Waals surface area (Å²) >= 11 is 0. The maximum atomic E-state index is 13.1. The predicted octanol–water partition coefficient (Wildman–Crippen LogP) is 9.89. The van der Waals surface area contributed by atoms with Crippen LogP contribution in [-0.4, -0.2) is 12.1 Å². The van der Waals surface area contributed by atoms with E-state index in [9.17, 15) is 4.79 Å². The summed E-state index contributed by atoms with van der Waals surface area (Å²) in [5.74, 6) is 3.49. The zero-order valence-corrected chi connectivity index (χ0v) is 26.1. The van der Waals surface area contributed by atoms with E-state index in [4.69, 9.17) is 4.74 Å². The van der Waals surface area contributed by atoms with E-state index in [1.807, 2.05) is 35.9 Å². The minimum Gasteiger partial charge on any atom is -0.458 e. The highest BCUT2D eigenvalue weighted by Gasteiger charge is 2.68. The maximum Gasteiger partial charge on any atom is 0.338 e. The Kier molecular flexibility index (Phi) is 6.34. The summed E-state index contributed by atoms with van der Waals surface area (Å²) in [6.07, 6.45) is 14.3. The number of ether oxygens (including phenoxy) is 1. The van der Waals surface area contributed by atoms with Crippen molar-refractivity contribution >= 4 is 5.97 Å². The third kappa shape index (κ3) is 3.74. The van der Waals surface area contributed by atoms with Gasteiger partial charge in [-0.3, -0.25) is 0 Å². The largest absolute Gasteiger partial charge is 0.458 e. The Morgan fingerprint density at radius 2 is 1.54 bits per heavy atom. The quantitative estimate of drug-likeness (QED) is 0.281. The molecule has 0 N–H and O–H groups in total. The Hall–Kier alpha value is -1.57. The molecule has 1 aromatic carbocycles. The molecule has 2 heteroatoms. The lowest BCUT2D eigenvalue weighted by Crippen LogP contribution is -2.65. The summed E-state index contributed by atoms with van der Waals surface area (Å²) in [5.41, 5.74) is 3.93. The second-order valence-electron chi connectivity index (χ2n) is 16.4. The van der Waals surface area contributed by atoms with Gasteiger partial charge in [0.05, 0.1) is 5.56 Å². The second-order valence-corrected chi connectivity index (χ2v) is 16.4. The highest BCUT2D eigenvalue weighted by Crippen LogP contribution is 2.75. The first-order valence-corrected chi connectivity index (χ1v) is 16.2. The first-order valence-electron chi connectivity index (χ1n) is 16.2. The van der Waals surface area contributed by atoms with Crippen molar-refractivity contribution in [3.63, 3.8) is 0 Å². The van der Waals surface area contributed by atoms with E-state index in [0.717, 1.165) is 24.2 Å². The van der Waals surface area contributed by atoms with Gasteiger partial charge >= 0.3 is 5.97 Å². The molecule has 0 aromatic heterocycles. The molecule has 4 fully saturated rings. The lowest BCUT2D eigenvalue weighted by molar-refractivity contribution is -0.204. The first kappa shape index (κ1) is 27.6. The van der Waals surface area contributed by atoms with E-state index in [1.54, 1.807) is 0 Å². The molecule has 6 rings (SSSR count). The van der Waals surface area contributed by atoms with Crippen molar-refractivity contribution < 1.29 is 9.53 Å². The molecule has 0 heterocycles. The molecule has 5 aliphatic rings. The van der Waals surface area contributed by atoms with Gasteiger partial charge in [-0.05, 0) is 121 Å². The van der Waals surface area contributed by atoms with Crippen LogP contribution < -0.4 is 0 Å². The van der Waals surface area contributed by atoms with Crippen molar-refractivity contribution in [2.24, 2.45) is 56.7 Å². The third-order valence-corrected chi connectivity index (χ3v) is 14.6. The van der Waals surface area contributed by atoms with E-state index in [2.05, 4.69) is 61.5 Å². The van der Waals surface area contributed by atoms with Crippen LogP contribution in [0.3, 0.4) is 0 Å². The van der Waals surface area contributed by atoms with Crippen molar-refractivity contribution in [1.82, 2.24) is 0 Å². The van der Waals surface area contributed by atoms with Crippen LogP contribution in [0, 0.1) is 56.7 Å². The summed E-state index contributed by atoms with van der Waals surface area (Å²) in [6.45, 7) is 20.6. The van der Waals surface area contributed by atoms with Gasteiger partial charge in [0.25, 0.3) is 0 Å². The van der Waals surface area contributed by atoms with Gasteiger partial charge in [-0.2, -0.15) is 0 Å². The third-order valence-electron chi connectivity index (χ3n) is 14.6. The van der Waals surface area contributed by atoms with Crippen molar-refractivity contribution in [1.29, 1.82) is 0 Å². The van der Waals surface area contributed by atoms with Crippen LogP contribution in [-0.2, 0) is 4.74 Å². The minimum atomic E-state index is -0.156. The molecule has 2 nitrogen and oxygen atoms in total. The van der Waals surface area contributed by atoms with Gasteiger partial charge in [-0.1, -0.05) is 85.2 Å². The standard InChI is InChI=1S/C37H54O2/c1-24-16-19-34(5)22-23-36(7)27(31(34)25(24)2)14-15-29-35(6)20-18-30(39-32(38)26-12-10-9-11-13-26)33(3,4)28(35)17-21-37(29,36)8/h9-14,24-25,28-31H,15-23H2,1-8H3/t24-,25+,28+,29-,30+,31-,34-,35-,36-,37-/m1/s1. The van der Waals surface area contributed by atoms with Gasteiger partial charge in [0.15, 0.2) is 0 Å². The Morgan fingerprint density at radius 3 is 2.26 bits per heavy atom. The molecule has 1 aromatic rings. The average Bonchev–Trinajstić information content (AvgIpc) is 2.89. The van der Waals surface area contributed by atoms with Gasteiger partial charge in [0, 0.05) is 5.41 Å². The normalized spacial score (nSPS) is 48.5. The maximum absolute atomic E-state index is 13.1. The zero-order valence-electron chi connectivity index (χ0n) is 26.1. The van der Waals surface area contributed by atoms with E-state index in [0.29, 0.717) is 33.6 Å². The SMILES string of the molecule is C[C@H]1[C@H](C)CC[C@]2(C)CC[C@]3(C)C(=CC[C@@H]4[C@]5(C)CC[C@H](OC(=O)c6ccccc6)C(C)(C)[C@@H]5CC[C@]43C)[C@@H]12. The first-order chi connectivity index (χ1) is 18.3. The molecule has 5 aliphatic carbocycles. The molecular weight excluding hydrogens is 476 g/mol. The van der Waals surface area contributed by atoms with Gasteiger partial charge in [-0.15, -0.1) is 0 Å². The van der Waals surface area contributed by atoms with Crippen LogP contribution in [0.15, 0.2) is 42.0 Å². The zero-order chi connectivity index (χ0) is 28.0. The van der Waals surface area contributed by atoms with Crippen LogP contribution in [0.5, 0.6) is 0 Å². The van der Waals surface area contributed by atoms with Crippen LogP contribution in [0.1, 0.15) is 124 Å². The van der Waals surface area contributed by atoms with Crippen molar-refractivity contribution in [3.8, 4) is 0 Å². The van der Waals surface area contributed by atoms with E-state index < -0.39 is 0 Å². The Morgan fingerprint density at radius 1 is 0.821 bits per heavy atom. The number of allylic oxidation sites excluding steroid dienone is 2. The predicted molar refractivity (Wildman–Crippen MR) is 160 cm³/mol. The molecule has 0 spiro atoms. The van der Waals surface area contributed by atoms with Crippen molar-refractivity contribution in [2.45, 2.75) is 119 Å². The van der Waals surface area contributed by atoms with Crippen LogP contribution >= 0.6 is 0 Å². The van der Waals surface area contributed by atoms with Gasteiger partial charge in [-0.25, -0.2) is 4.79 Å². The molecule has 214 valence electrons. The second kappa shape index (κ2) is 8.96. The number of rotatable bonds is 2. The monoisotopic (exact) mass is 530 g/mol. The number of benzene rings is 1. The molecular formula is C37H54O2. The van der Waals surface area contributed by atoms with E-state index in [-0.39, 0.29) is 22.9 Å². The van der Waals surface area contributed by atoms with Crippen molar-refractivity contribution in [3.05, 3.63) is 47.5 Å². The molecule has 0 amide bonds. The summed E-state index contributed by atoms with van der Waals surface area (Å²) in [6, 6.07) is 9.57. The minimum absolute atomic E-state index is 0.0159. The van der Waals surface area contributed by atoms with Gasteiger partial charge in [0.2, 0.25) is 0 Å². The summed E-state index contributed by atoms with van der Waals surface area (Å²) in [4.78, 5) is 13.1. The van der Waals surface area contributed by atoms with E-state index in [1.165, 1.54) is 51.4 Å². The van der Waals surface area contributed by atoms with E-state index >= 15 is 0 Å². The average molecular weight is 531 g/mol. The number of carbonyl (C=O) groups is 1. The van der Waals surface area contributed by atoms with Gasteiger partial charge < -0.3 is 4.74 Å². The molecule has 10 atom stereocenters. The molecule has 0 saturated heterocycles. The number of hydrogen-bond acceptors (Lipinski definition) is 2. The number of hydrogen-bond donors (Lipinski definition) is 0. The highest BCUT2D eigenvalue weighted by atomic mass is 16.5. The van der Waals surface area contributed by atoms with Gasteiger partial charge in [0.1, 0.15) is 6.10 Å². The molecule has 0 aliphatic heterocycles. The molecule has 4 saturated carbocycles. The lowest BCUT2D eigenvalue weighted by atomic mass is 9.33.